The molecule has 1 fully saturated rings. The Hall–Kier alpha value is -3.15. The molecule has 1 heterocycles. The van der Waals surface area contributed by atoms with Gasteiger partial charge in [-0.15, -0.1) is 0 Å². The molecule has 13 heteroatoms. The van der Waals surface area contributed by atoms with E-state index in [4.69, 9.17) is 17.3 Å². The second kappa shape index (κ2) is 9.77. The maximum Gasteiger partial charge on any atom is 0.405 e. The van der Waals surface area contributed by atoms with Crippen LogP contribution in [0.3, 0.4) is 0 Å². The molecule has 0 bridgehead atoms. The monoisotopic (exact) mass is 489 g/mol. The minimum absolute atomic E-state index is 0.0675. The van der Waals surface area contributed by atoms with Crippen molar-refractivity contribution in [2.24, 2.45) is 11.7 Å². The summed E-state index contributed by atoms with van der Waals surface area (Å²) < 4.78 is 51.7. The summed E-state index contributed by atoms with van der Waals surface area (Å²) in [5.74, 6) is -3.37. The standard InChI is InChI=1S/C20H20ClF4N5O3/c21-13-7-11(22)3-6-14(13)29-18(32)10-1-4-12(5-2-10)30-9-28-15(16(30)17(26)31)19(33)27-8-20(23,24)25/h3,6-7,9-10,12H,1-2,4-5,8H2,(H2,26,31)(H,27,33)(H,29,32)/t10-,12-. The van der Waals surface area contributed by atoms with Crippen molar-refractivity contribution in [3.63, 3.8) is 0 Å². The summed E-state index contributed by atoms with van der Waals surface area (Å²) in [6.45, 7) is -1.57. The van der Waals surface area contributed by atoms with Crippen LogP contribution in [0, 0.1) is 11.7 Å². The van der Waals surface area contributed by atoms with Crippen LogP contribution in [-0.4, -0.2) is 40.0 Å². The molecule has 0 radical (unpaired) electrons. The first-order valence-electron chi connectivity index (χ1n) is 9.93. The van der Waals surface area contributed by atoms with E-state index in [0.29, 0.717) is 25.7 Å². The Labute approximate surface area is 190 Å². The molecule has 0 aliphatic heterocycles. The van der Waals surface area contributed by atoms with Crippen molar-refractivity contribution in [3.05, 3.63) is 46.8 Å². The Bertz CT molecular complexity index is 1060. The van der Waals surface area contributed by atoms with E-state index in [1.165, 1.54) is 23.0 Å². The molecule has 1 aliphatic rings. The van der Waals surface area contributed by atoms with Gasteiger partial charge >= 0.3 is 6.18 Å². The number of hydrogen-bond acceptors (Lipinski definition) is 4. The van der Waals surface area contributed by atoms with Gasteiger partial charge in [-0.1, -0.05) is 11.6 Å². The minimum Gasteiger partial charge on any atom is -0.364 e. The lowest BCUT2D eigenvalue weighted by Gasteiger charge is -2.29. The second-order valence-corrected chi connectivity index (χ2v) is 8.04. The highest BCUT2D eigenvalue weighted by Gasteiger charge is 2.33. The van der Waals surface area contributed by atoms with E-state index in [-0.39, 0.29) is 34.3 Å². The van der Waals surface area contributed by atoms with Gasteiger partial charge in [0.05, 0.1) is 17.0 Å². The van der Waals surface area contributed by atoms with E-state index in [9.17, 15) is 31.9 Å². The number of alkyl halides is 3. The summed E-state index contributed by atoms with van der Waals surface area (Å²) >= 11 is 5.93. The van der Waals surface area contributed by atoms with Crippen LogP contribution in [0.25, 0.3) is 0 Å². The number of hydrogen-bond donors (Lipinski definition) is 3. The molecule has 2 aromatic rings. The Kier molecular flexibility index (Phi) is 7.25. The predicted molar refractivity (Wildman–Crippen MR) is 110 cm³/mol. The van der Waals surface area contributed by atoms with Gasteiger partial charge in [0.1, 0.15) is 18.1 Å². The summed E-state index contributed by atoms with van der Waals surface area (Å²) in [6.07, 6.45) is -1.75. The summed E-state index contributed by atoms with van der Waals surface area (Å²) in [6, 6.07) is 3.28. The van der Waals surface area contributed by atoms with Gasteiger partial charge in [0.15, 0.2) is 5.69 Å². The van der Waals surface area contributed by atoms with E-state index in [1.807, 2.05) is 0 Å². The highest BCUT2D eigenvalue weighted by molar-refractivity contribution is 6.33. The van der Waals surface area contributed by atoms with Gasteiger partial charge in [0, 0.05) is 12.0 Å². The van der Waals surface area contributed by atoms with E-state index >= 15 is 0 Å². The molecule has 178 valence electrons. The lowest BCUT2D eigenvalue weighted by atomic mass is 9.85. The fourth-order valence-electron chi connectivity index (χ4n) is 3.75. The van der Waals surface area contributed by atoms with Crippen molar-refractivity contribution in [1.29, 1.82) is 0 Å². The molecule has 4 N–H and O–H groups in total. The summed E-state index contributed by atoms with van der Waals surface area (Å²) in [5.41, 5.74) is 4.87. The van der Waals surface area contributed by atoms with Gasteiger partial charge in [0.2, 0.25) is 5.91 Å². The third-order valence-electron chi connectivity index (χ3n) is 5.34. The molecule has 0 spiro atoms. The minimum atomic E-state index is -4.62. The molecule has 0 unspecified atom stereocenters. The summed E-state index contributed by atoms with van der Waals surface area (Å²) in [4.78, 5) is 40.4. The van der Waals surface area contributed by atoms with E-state index in [2.05, 4.69) is 10.3 Å². The van der Waals surface area contributed by atoms with Gasteiger partial charge in [0.25, 0.3) is 11.8 Å². The number of carbonyl (C=O) groups excluding carboxylic acids is 3. The molecule has 8 nitrogen and oxygen atoms in total. The molecule has 1 saturated carbocycles. The fourth-order valence-corrected chi connectivity index (χ4v) is 3.97. The number of imidazole rings is 1. The molecule has 3 amide bonds. The molecular formula is C20H20ClF4N5O3. The van der Waals surface area contributed by atoms with Crippen LogP contribution in [0.1, 0.15) is 52.7 Å². The number of nitrogens with one attached hydrogen (secondary N) is 2. The number of halogens is 5. The molecular weight excluding hydrogens is 470 g/mol. The average Bonchev–Trinajstić information content (AvgIpc) is 3.19. The number of primary amides is 1. The number of nitrogens with two attached hydrogens (primary N) is 1. The summed E-state index contributed by atoms with van der Waals surface area (Å²) in [7, 11) is 0. The quantitative estimate of drug-likeness (QED) is 0.538. The predicted octanol–water partition coefficient (Wildman–Crippen LogP) is 3.44. The second-order valence-electron chi connectivity index (χ2n) is 7.63. The molecule has 3 rings (SSSR count). The van der Waals surface area contributed by atoms with E-state index in [1.54, 1.807) is 5.32 Å². The SMILES string of the molecule is NC(=O)c1c(C(=O)NCC(F)(F)F)ncn1[C@H]1CC[C@H](C(=O)Nc2ccc(F)cc2Cl)CC1. The highest BCUT2D eigenvalue weighted by Crippen LogP contribution is 2.34. The first-order chi connectivity index (χ1) is 15.5. The van der Waals surface area contributed by atoms with E-state index in [0.717, 1.165) is 6.07 Å². The third kappa shape index (κ3) is 6.01. The largest absolute Gasteiger partial charge is 0.405 e. The average molecular weight is 490 g/mol. The van der Waals surface area contributed by atoms with Crippen molar-refractivity contribution in [3.8, 4) is 0 Å². The van der Waals surface area contributed by atoms with Gasteiger partial charge in [-0.05, 0) is 43.9 Å². The maximum atomic E-state index is 13.2. The zero-order chi connectivity index (χ0) is 24.3. The van der Waals surface area contributed by atoms with Crippen molar-refractivity contribution in [1.82, 2.24) is 14.9 Å². The number of benzene rings is 1. The van der Waals surface area contributed by atoms with Gasteiger partial charge in [-0.25, -0.2) is 9.37 Å². The van der Waals surface area contributed by atoms with Crippen molar-refractivity contribution < 1.29 is 31.9 Å². The molecule has 1 aromatic heterocycles. The topological polar surface area (TPSA) is 119 Å². The van der Waals surface area contributed by atoms with Crippen LogP contribution < -0.4 is 16.4 Å². The smallest absolute Gasteiger partial charge is 0.364 e. The number of anilines is 1. The van der Waals surface area contributed by atoms with Gasteiger partial charge < -0.3 is 20.9 Å². The lowest BCUT2D eigenvalue weighted by Crippen LogP contribution is -2.35. The molecule has 0 atom stereocenters. The van der Waals surface area contributed by atoms with Gasteiger partial charge in [-0.2, -0.15) is 13.2 Å². The van der Waals surface area contributed by atoms with Crippen LogP contribution in [-0.2, 0) is 4.79 Å². The van der Waals surface area contributed by atoms with Gasteiger partial charge in [-0.3, -0.25) is 14.4 Å². The van der Waals surface area contributed by atoms with Crippen LogP contribution in [0.5, 0.6) is 0 Å². The lowest BCUT2D eigenvalue weighted by molar-refractivity contribution is -0.123. The fraction of sp³-hybridized carbons (Fsp3) is 0.400. The first-order valence-corrected chi connectivity index (χ1v) is 10.3. The highest BCUT2D eigenvalue weighted by atomic mass is 35.5. The Balaban J connectivity index is 1.66. The molecule has 1 aromatic carbocycles. The zero-order valence-corrected chi connectivity index (χ0v) is 17.8. The normalized spacial score (nSPS) is 18.6. The number of amides is 3. The maximum absolute atomic E-state index is 13.2. The number of carbonyl (C=O) groups is 3. The van der Waals surface area contributed by atoms with Crippen molar-refractivity contribution in [2.45, 2.75) is 37.9 Å². The number of rotatable bonds is 6. The zero-order valence-electron chi connectivity index (χ0n) is 17.1. The Morgan fingerprint density at radius 1 is 1.18 bits per heavy atom. The summed E-state index contributed by atoms with van der Waals surface area (Å²) in [5, 5.41) is 4.40. The van der Waals surface area contributed by atoms with E-state index < -0.39 is 36.0 Å². The van der Waals surface area contributed by atoms with Crippen molar-refractivity contribution >= 4 is 35.0 Å². The Morgan fingerprint density at radius 2 is 1.85 bits per heavy atom. The number of aromatic nitrogens is 2. The third-order valence-corrected chi connectivity index (χ3v) is 5.65. The van der Waals surface area contributed by atoms with Crippen LogP contribution >= 0.6 is 11.6 Å². The van der Waals surface area contributed by atoms with Crippen LogP contribution in [0.15, 0.2) is 24.5 Å². The van der Waals surface area contributed by atoms with Crippen molar-refractivity contribution in [2.75, 3.05) is 11.9 Å². The molecule has 0 saturated heterocycles. The van der Waals surface area contributed by atoms with Crippen LogP contribution in [0.4, 0.5) is 23.2 Å². The van der Waals surface area contributed by atoms with Crippen LogP contribution in [0.2, 0.25) is 5.02 Å². The number of nitrogens with zero attached hydrogens (tertiary/aromatic N) is 2. The first kappa shape index (κ1) is 24.5. The molecule has 1 aliphatic carbocycles. The molecule has 33 heavy (non-hydrogen) atoms. The Morgan fingerprint density at radius 3 is 2.42 bits per heavy atom.